The van der Waals surface area contributed by atoms with Crippen LogP contribution in [0.5, 0.6) is 0 Å². The summed E-state index contributed by atoms with van der Waals surface area (Å²) in [5, 5.41) is 0. The van der Waals surface area contributed by atoms with E-state index < -0.39 is 60.7 Å². The minimum Gasteiger partial charge on any atom is -0.289 e. The van der Waals surface area contributed by atoms with Crippen molar-refractivity contribution in [2.24, 2.45) is 0 Å². The van der Waals surface area contributed by atoms with E-state index >= 15 is 0 Å². The molecule has 0 aromatic rings. The molecule has 0 aromatic heterocycles. The van der Waals surface area contributed by atoms with E-state index in [0.717, 1.165) is 0 Å². The minimum atomic E-state index is -5.40. The number of ketones is 4. The van der Waals surface area contributed by atoms with Crippen molar-refractivity contribution < 1.29 is 71.9 Å². The molecule has 0 saturated heterocycles. The van der Waals surface area contributed by atoms with E-state index in [1.54, 1.807) is 0 Å². The van der Waals surface area contributed by atoms with E-state index in [-0.39, 0.29) is 45.5 Å². The fraction of sp³-hybridized carbons (Fsp3) is 0.600. The van der Waals surface area contributed by atoms with Crippen molar-refractivity contribution in [2.45, 2.75) is 37.5 Å². The quantitative estimate of drug-likeness (QED) is 0.336. The van der Waals surface area contributed by atoms with Gasteiger partial charge >= 0.3 is 24.7 Å². The summed E-state index contributed by atoms with van der Waals surface area (Å²) in [7, 11) is 0. The summed E-state index contributed by atoms with van der Waals surface area (Å²) >= 11 is 0. The molecule has 0 spiro atoms. The van der Waals surface area contributed by atoms with Crippen LogP contribution in [-0.2, 0) is 19.2 Å². The topological polar surface area (TPSA) is 68.3 Å². The molecule has 17 heteroatoms. The molecule has 0 unspecified atom stereocenters. The van der Waals surface area contributed by atoms with Gasteiger partial charge in [0.25, 0.3) is 0 Å². The van der Waals surface area contributed by atoms with Crippen LogP contribution in [-0.4, -0.2) is 93.3 Å². The van der Waals surface area contributed by atoms with E-state index in [2.05, 4.69) is 0 Å². The molecule has 0 atom stereocenters. The van der Waals surface area contributed by atoms with Crippen LogP contribution in [0.25, 0.3) is 0 Å². The van der Waals surface area contributed by atoms with E-state index in [0.29, 0.717) is 0 Å². The molecule has 2 radical (unpaired) electrons. The maximum atomic E-state index is 11.3. The number of Topliss-reactive ketones (excluding diaryl/α,β-unsaturated/α-hetero) is 4. The summed E-state index contributed by atoms with van der Waals surface area (Å²) in [5.41, 5.74) is 0. The minimum absolute atomic E-state index is 0. The van der Waals surface area contributed by atoms with Crippen molar-refractivity contribution in [1.29, 1.82) is 0 Å². The normalized spacial score (nSPS) is 12.3. The molecule has 0 amide bonds. The van der Waals surface area contributed by atoms with Gasteiger partial charge in [-0.1, -0.05) is 0 Å². The van der Waals surface area contributed by atoms with Crippen molar-refractivity contribution in [3.63, 3.8) is 0 Å². The third kappa shape index (κ3) is 14.0. The SMILES string of the molecule is O=C(CC(=O)C(F)(F)F)C(F)(F)F.O=C(CC(=O)C(F)(F)F)C(F)(F)F.[Sr]. The zero-order valence-electron chi connectivity index (χ0n) is 12.3. The van der Waals surface area contributed by atoms with E-state index in [1.165, 1.54) is 0 Å². The van der Waals surface area contributed by atoms with Crippen LogP contribution in [0.15, 0.2) is 0 Å². The monoisotopic (exact) mass is 504 g/mol. The summed E-state index contributed by atoms with van der Waals surface area (Å²) in [6.07, 6.45) is -26.0. The van der Waals surface area contributed by atoms with Gasteiger partial charge in [0, 0.05) is 45.5 Å². The van der Waals surface area contributed by atoms with Crippen LogP contribution in [0.4, 0.5) is 52.7 Å². The van der Waals surface area contributed by atoms with Gasteiger partial charge in [0.05, 0.1) is 12.8 Å². The molecule has 0 saturated carbocycles. The fourth-order valence-corrected chi connectivity index (χ4v) is 0.693. The fourth-order valence-electron chi connectivity index (χ4n) is 0.693. The standard InChI is InChI=1S/2C5H2F6O2.Sr/c2*6-4(7,8)2(12)1-3(13)5(9,10)11;/h2*1H2;. The molecular formula is C10H4F12O4Sr. The van der Waals surface area contributed by atoms with Gasteiger partial charge in [0.1, 0.15) is 0 Å². The molecule has 0 aliphatic carbocycles. The predicted octanol–water partition coefficient (Wildman–Crippen LogP) is 2.90. The Morgan fingerprint density at radius 1 is 0.407 bits per heavy atom. The van der Waals surface area contributed by atoms with Crippen molar-refractivity contribution in [2.75, 3.05) is 0 Å². The Bertz CT molecular complexity index is 456. The van der Waals surface area contributed by atoms with Gasteiger partial charge in [0.15, 0.2) is 0 Å². The molecule has 0 aliphatic rings. The summed E-state index contributed by atoms with van der Waals surface area (Å²) < 4.78 is 136. The average Bonchev–Trinajstić information content (AvgIpc) is 2.34. The van der Waals surface area contributed by atoms with Crippen LogP contribution in [0.2, 0.25) is 0 Å². The van der Waals surface area contributed by atoms with Gasteiger partial charge in [-0.3, -0.25) is 19.2 Å². The van der Waals surface area contributed by atoms with Crippen LogP contribution in [0.3, 0.4) is 0 Å². The largest absolute Gasteiger partial charge is 0.450 e. The molecule has 0 aromatic carbocycles. The molecule has 0 fully saturated rings. The van der Waals surface area contributed by atoms with Gasteiger partial charge in [-0.25, -0.2) is 0 Å². The molecule has 154 valence electrons. The summed E-state index contributed by atoms with van der Waals surface area (Å²) in [5.74, 6) is -10.8. The van der Waals surface area contributed by atoms with Crippen molar-refractivity contribution in [3.8, 4) is 0 Å². The Kier molecular flexibility index (Phi) is 12.4. The third-order valence-corrected chi connectivity index (χ3v) is 1.91. The second kappa shape index (κ2) is 10.8. The van der Waals surface area contributed by atoms with Gasteiger partial charge < -0.3 is 0 Å². The first kappa shape index (κ1) is 31.0. The number of hydrogen-bond acceptors (Lipinski definition) is 4. The molecule has 0 rings (SSSR count). The number of carbonyl (C=O) groups excluding carboxylic acids is 4. The first-order valence-corrected chi connectivity index (χ1v) is 5.50. The van der Waals surface area contributed by atoms with Crippen LogP contribution in [0.1, 0.15) is 12.8 Å². The molecule has 0 aliphatic heterocycles. The first-order chi connectivity index (χ1) is 11.1. The molecule has 4 nitrogen and oxygen atoms in total. The Morgan fingerprint density at radius 2 is 0.519 bits per heavy atom. The van der Waals surface area contributed by atoms with Crippen molar-refractivity contribution in [1.82, 2.24) is 0 Å². The van der Waals surface area contributed by atoms with Crippen molar-refractivity contribution >= 4 is 68.6 Å². The van der Waals surface area contributed by atoms with E-state index in [4.69, 9.17) is 0 Å². The number of alkyl halides is 12. The number of carbonyl (C=O) groups is 4. The van der Waals surface area contributed by atoms with Crippen molar-refractivity contribution in [3.05, 3.63) is 0 Å². The number of rotatable bonds is 4. The first-order valence-electron chi connectivity index (χ1n) is 5.50. The number of halogens is 12. The molecule has 27 heavy (non-hydrogen) atoms. The van der Waals surface area contributed by atoms with Crippen LogP contribution >= 0.6 is 0 Å². The maximum Gasteiger partial charge on any atom is 0.450 e. The van der Waals surface area contributed by atoms with E-state index in [9.17, 15) is 71.9 Å². The van der Waals surface area contributed by atoms with Gasteiger partial charge in [-0.2, -0.15) is 52.7 Å². The van der Waals surface area contributed by atoms with Gasteiger partial charge in [0.2, 0.25) is 23.1 Å². The van der Waals surface area contributed by atoms with Crippen LogP contribution < -0.4 is 0 Å². The number of hydrogen-bond donors (Lipinski definition) is 0. The maximum absolute atomic E-state index is 11.3. The molecule has 0 N–H and O–H groups in total. The smallest absolute Gasteiger partial charge is 0.289 e. The van der Waals surface area contributed by atoms with Gasteiger partial charge in [-0.05, 0) is 0 Å². The molecular weight excluding hydrogens is 500 g/mol. The zero-order chi connectivity index (χ0) is 21.7. The second-order valence-corrected chi connectivity index (χ2v) is 4.04. The van der Waals surface area contributed by atoms with E-state index in [1.807, 2.05) is 0 Å². The Balaban J connectivity index is -0.000000411. The zero-order valence-corrected chi connectivity index (χ0v) is 15.8. The summed E-state index contributed by atoms with van der Waals surface area (Å²) in [6, 6.07) is 0. The second-order valence-electron chi connectivity index (χ2n) is 4.04. The molecule has 0 bridgehead atoms. The average molecular weight is 504 g/mol. The summed E-state index contributed by atoms with van der Waals surface area (Å²) in [6.45, 7) is 0. The Morgan fingerprint density at radius 3 is 0.593 bits per heavy atom. The van der Waals surface area contributed by atoms with Gasteiger partial charge in [-0.15, -0.1) is 0 Å². The molecule has 0 heterocycles. The Hall–Kier alpha value is -0.679. The van der Waals surface area contributed by atoms with Crippen LogP contribution in [0, 0.1) is 0 Å². The third-order valence-electron chi connectivity index (χ3n) is 1.91. The summed E-state index contributed by atoms with van der Waals surface area (Å²) in [4.78, 5) is 39.5. The Labute approximate surface area is 177 Å². The predicted molar refractivity (Wildman–Crippen MR) is 59.2 cm³/mol.